The SMILES string of the molecule is COc1cc(Br)c(Br)c(/C=N\NC(=O)c2cccc(Br)c2)c1O. The molecule has 0 bridgehead atoms. The van der Waals surface area contributed by atoms with Crippen molar-refractivity contribution in [3.05, 3.63) is 54.9 Å². The van der Waals surface area contributed by atoms with E-state index in [-0.39, 0.29) is 11.7 Å². The number of methoxy groups -OCH3 is 1. The van der Waals surface area contributed by atoms with E-state index in [0.29, 0.717) is 25.8 Å². The van der Waals surface area contributed by atoms with Gasteiger partial charge in [-0.2, -0.15) is 5.10 Å². The van der Waals surface area contributed by atoms with E-state index < -0.39 is 0 Å². The van der Waals surface area contributed by atoms with Crippen molar-refractivity contribution in [2.75, 3.05) is 7.11 Å². The summed E-state index contributed by atoms with van der Waals surface area (Å²) in [6, 6.07) is 8.55. The Morgan fingerprint density at radius 2 is 2.04 bits per heavy atom. The van der Waals surface area contributed by atoms with E-state index in [1.54, 1.807) is 24.3 Å². The smallest absolute Gasteiger partial charge is 0.271 e. The van der Waals surface area contributed by atoms with Crippen molar-refractivity contribution in [1.29, 1.82) is 0 Å². The van der Waals surface area contributed by atoms with E-state index in [2.05, 4.69) is 58.3 Å². The first kappa shape index (κ1) is 18.0. The van der Waals surface area contributed by atoms with Crippen LogP contribution in [0.3, 0.4) is 0 Å². The third kappa shape index (κ3) is 4.33. The first-order valence-electron chi connectivity index (χ1n) is 6.28. The fraction of sp³-hybridized carbons (Fsp3) is 0.0667. The molecule has 0 saturated carbocycles. The Morgan fingerprint density at radius 3 is 2.70 bits per heavy atom. The molecule has 0 aliphatic rings. The number of hydrazone groups is 1. The van der Waals surface area contributed by atoms with Crippen LogP contribution in [0.1, 0.15) is 15.9 Å². The van der Waals surface area contributed by atoms with Crippen molar-refractivity contribution >= 4 is 59.9 Å². The molecule has 0 atom stereocenters. The predicted molar refractivity (Wildman–Crippen MR) is 99.3 cm³/mol. The minimum Gasteiger partial charge on any atom is -0.504 e. The number of hydrogen-bond acceptors (Lipinski definition) is 4. The first-order valence-corrected chi connectivity index (χ1v) is 8.66. The highest BCUT2D eigenvalue weighted by molar-refractivity contribution is 9.13. The fourth-order valence-electron chi connectivity index (χ4n) is 1.74. The summed E-state index contributed by atoms with van der Waals surface area (Å²) >= 11 is 9.99. The maximum atomic E-state index is 12.0. The van der Waals surface area contributed by atoms with Crippen LogP contribution in [0.5, 0.6) is 11.5 Å². The average molecular weight is 507 g/mol. The van der Waals surface area contributed by atoms with Gasteiger partial charge in [-0.3, -0.25) is 4.79 Å². The van der Waals surface area contributed by atoms with Crippen molar-refractivity contribution in [3.8, 4) is 11.5 Å². The van der Waals surface area contributed by atoms with Crippen LogP contribution >= 0.6 is 47.8 Å². The minimum absolute atomic E-state index is 0.0805. The summed E-state index contributed by atoms with van der Waals surface area (Å²) < 4.78 is 7.15. The number of carbonyl (C=O) groups excluding carboxylic acids is 1. The van der Waals surface area contributed by atoms with E-state index in [0.717, 1.165) is 4.47 Å². The van der Waals surface area contributed by atoms with Crippen LogP contribution in [0.25, 0.3) is 0 Å². The lowest BCUT2D eigenvalue weighted by Crippen LogP contribution is -2.17. The van der Waals surface area contributed by atoms with Gasteiger partial charge in [-0.1, -0.05) is 22.0 Å². The van der Waals surface area contributed by atoms with E-state index in [9.17, 15) is 9.90 Å². The molecule has 0 aliphatic heterocycles. The van der Waals surface area contributed by atoms with Crippen LogP contribution < -0.4 is 10.2 Å². The van der Waals surface area contributed by atoms with Gasteiger partial charge in [-0.05, 0) is 56.1 Å². The largest absolute Gasteiger partial charge is 0.504 e. The molecule has 2 N–H and O–H groups in total. The summed E-state index contributed by atoms with van der Waals surface area (Å²) in [5, 5.41) is 14.0. The van der Waals surface area contributed by atoms with Gasteiger partial charge in [-0.25, -0.2) is 5.43 Å². The lowest BCUT2D eigenvalue weighted by molar-refractivity contribution is 0.0955. The molecule has 1 amide bonds. The zero-order chi connectivity index (χ0) is 17.0. The number of amides is 1. The Kier molecular flexibility index (Phi) is 6.20. The summed E-state index contributed by atoms with van der Waals surface area (Å²) in [5.41, 5.74) is 3.25. The van der Waals surface area contributed by atoms with E-state index in [4.69, 9.17) is 4.74 Å². The van der Waals surface area contributed by atoms with Crippen molar-refractivity contribution in [1.82, 2.24) is 5.43 Å². The Labute approximate surface area is 158 Å². The van der Waals surface area contributed by atoms with Gasteiger partial charge in [-0.15, -0.1) is 0 Å². The molecule has 2 rings (SSSR count). The number of nitrogens with zero attached hydrogens (tertiary/aromatic N) is 1. The highest BCUT2D eigenvalue weighted by atomic mass is 79.9. The number of phenolic OH excluding ortho intramolecular Hbond substituents is 1. The number of ether oxygens (including phenoxy) is 1. The lowest BCUT2D eigenvalue weighted by Gasteiger charge is -2.09. The number of rotatable bonds is 4. The van der Waals surface area contributed by atoms with Crippen molar-refractivity contribution in [3.63, 3.8) is 0 Å². The Morgan fingerprint density at radius 1 is 1.30 bits per heavy atom. The molecule has 0 radical (unpaired) electrons. The van der Waals surface area contributed by atoms with Crippen LogP contribution in [-0.2, 0) is 0 Å². The molecule has 5 nitrogen and oxygen atoms in total. The lowest BCUT2D eigenvalue weighted by atomic mass is 10.2. The number of halogens is 3. The normalized spacial score (nSPS) is 10.8. The third-order valence-electron chi connectivity index (χ3n) is 2.86. The van der Waals surface area contributed by atoms with Gasteiger partial charge in [0, 0.05) is 19.0 Å². The topological polar surface area (TPSA) is 70.9 Å². The molecule has 120 valence electrons. The van der Waals surface area contributed by atoms with Gasteiger partial charge in [0.15, 0.2) is 11.5 Å². The van der Waals surface area contributed by atoms with Gasteiger partial charge in [0.05, 0.1) is 18.9 Å². The van der Waals surface area contributed by atoms with Crippen LogP contribution in [0.4, 0.5) is 0 Å². The number of nitrogens with one attached hydrogen (secondary N) is 1. The van der Waals surface area contributed by atoms with Crippen molar-refractivity contribution in [2.24, 2.45) is 5.10 Å². The monoisotopic (exact) mass is 504 g/mol. The summed E-state index contributed by atoms with van der Waals surface area (Å²) in [6.07, 6.45) is 1.34. The second-order valence-corrected chi connectivity index (χ2v) is 6.91. The zero-order valence-electron chi connectivity index (χ0n) is 11.8. The predicted octanol–water partition coefficient (Wildman–Crippen LogP) is 4.45. The summed E-state index contributed by atoms with van der Waals surface area (Å²) in [6.45, 7) is 0. The molecule has 0 saturated heterocycles. The molecule has 0 spiro atoms. The first-order chi connectivity index (χ1) is 10.9. The standard InChI is InChI=1S/C15H11Br3N2O3/c1-23-12-6-11(17)13(18)10(14(12)21)7-19-20-15(22)8-3-2-4-9(16)5-8/h2-7,21H,1H3,(H,20,22)/b19-7-. The fourth-order valence-corrected chi connectivity index (χ4v) is 2.96. The molecule has 0 aromatic heterocycles. The van der Waals surface area contributed by atoms with Crippen molar-refractivity contribution in [2.45, 2.75) is 0 Å². The van der Waals surface area contributed by atoms with Gasteiger partial charge in [0.2, 0.25) is 0 Å². The Bertz CT molecular complexity index is 779. The van der Waals surface area contributed by atoms with Crippen LogP contribution in [-0.4, -0.2) is 24.3 Å². The number of benzene rings is 2. The molecule has 2 aromatic rings. The quantitative estimate of drug-likeness (QED) is 0.475. The molecular weight excluding hydrogens is 496 g/mol. The third-order valence-corrected chi connectivity index (χ3v) is 5.36. The zero-order valence-corrected chi connectivity index (χ0v) is 16.6. The number of carbonyl (C=O) groups is 1. The Balaban J connectivity index is 2.21. The molecule has 2 aromatic carbocycles. The minimum atomic E-state index is -0.361. The second-order valence-electron chi connectivity index (χ2n) is 4.35. The van der Waals surface area contributed by atoms with Crippen LogP contribution in [0.2, 0.25) is 0 Å². The second kappa shape index (κ2) is 7.94. The van der Waals surface area contributed by atoms with Gasteiger partial charge in [0.25, 0.3) is 5.91 Å². The van der Waals surface area contributed by atoms with E-state index >= 15 is 0 Å². The highest BCUT2D eigenvalue weighted by Crippen LogP contribution is 2.39. The molecule has 0 aliphatic carbocycles. The van der Waals surface area contributed by atoms with E-state index in [1.165, 1.54) is 13.3 Å². The summed E-state index contributed by atoms with van der Waals surface area (Å²) in [5.74, 6) is -0.150. The van der Waals surface area contributed by atoms with Gasteiger partial charge < -0.3 is 9.84 Å². The number of aromatic hydroxyl groups is 1. The average Bonchev–Trinajstić information content (AvgIpc) is 2.54. The Hall–Kier alpha value is -1.38. The molecule has 23 heavy (non-hydrogen) atoms. The van der Waals surface area contributed by atoms with Gasteiger partial charge in [0.1, 0.15) is 0 Å². The van der Waals surface area contributed by atoms with Gasteiger partial charge >= 0.3 is 0 Å². The molecule has 8 heteroatoms. The van der Waals surface area contributed by atoms with Crippen molar-refractivity contribution < 1.29 is 14.6 Å². The number of hydrogen-bond donors (Lipinski definition) is 2. The molecule has 0 fully saturated rings. The molecular formula is C15H11Br3N2O3. The molecule has 0 unspecified atom stereocenters. The van der Waals surface area contributed by atoms with Crippen LogP contribution in [0.15, 0.2) is 48.9 Å². The van der Waals surface area contributed by atoms with E-state index in [1.807, 2.05) is 6.07 Å². The summed E-state index contributed by atoms with van der Waals surface area (Å²) in [7, 11) is 1.45. The molecule has 0 heterocycles. The number of phenols is 1. The maximum Gasteiger partial charge on any atom is 0.271 e. The highest BCUT2D eigenvalue weighted by Gasteiger charge is 2.14. The van der Waals surface area contributed by atoms with Crippen LogP contribution in [0, 0.1) is 0 Å². The maximum absolute atomic E-state index is 12.0. The summed E-state index contributed by atoms with van der Waals surface area (Å²) in [4.78, 5) is 12.0.